The standard InChI is InChI=1S/C25H33Cl2N3O4S/c1-16(2)19-10-12-20(13-11-19)30(35(6,33)34)15-24(31)29(18(5)25(32)28-17(3)4)14-21-22(26)8-7-9-23(21)27/h7-13,16-18H,14-15H2,1-6H3,(H,28,32)/t18-/m1/s1. The summed E-state index contributed by atoms with van der Waals surface area (Å²) < 4.78 is 26.4. The molecule has 2 aromatic rings. The van der Waals surface area contributed by atoms with Gasteiger partial charge in [0.25, 0.3) is 0 Å². The van der Waals surface area contributed by atoms with Crippen molar-refractivity contribution in [3.63, 3.8) is 0 Å². The van der Waals surface area contributed by atoms with Crippen molar-refractivity contribution in [3.05, 3.63) is 63.6 Å². The number of anilines is 1. The van der Waals surface area contributed by atoms with Gasteiger partial charge in [0, 0.05) is 28.2 Å². The number of nitrogens with one attached hydrogen (secondary N) is 1. The summed E-state index contributed by atoms with van der Waals surface area (Å²) in [6.45, 7) is 8.74. The third-order valence-corrected chi connectivity index (χ3v) is 7.36. The molecule has 1 N–H and O–H groups in total. The molecular weight excluding hydrogens is 509 g/mol. The van der Waals surface area contributed by atoms with Gasteiger partial charge in [-0.2, -0.15) is 0 Å². The minimum atomic E-state index is -3.80. The van der Waals surface area contributed by atoms with Crippen molar-refractivity contribution in [1.29, 1.82) is 0 Å². The van der Waals surface area contributed by atoms with E-state index in [-0.39, 0.29) is 24.4 Å². The number of benzene rings is 2. The Hall–Kier alpha value is -2.29. The van der Waals surface area contributed by atoms with Gasteiger partial charge in [-0.3, -0.25) is 13.9 Å². The molecule has 2 aromatic carbocycles. The third kappa shape index (κ3) is 7.85. The molecule has 0 saturated heterocycles. The van der Waals surface area contributed by atoms with Crippen LogP contribution in [0.4, 0.5) is 5.69 Å². The van der Waals surface area contributed by atoms with Crippen LogP contribution in [-0.4, -0.2) is 50.0 Å². The van der Waals surface area contributed by atoms with E-state index in [4.69, 9.17) is 23.2 Å². The van der Waals surface area contributed by atoms with Crippen LogP contribution in [0, 0.1) is 0 Å². The van der Waals surface area contributed by atoms with Crippen LogP contribution < -0.4 is 9.62 Å². The monoisotopic (exact) mass is 541 g/mol. The van der Waals surface area contributed by atoms with Gasteiger partial charge in [0.2, 0.25) is 21.8 Å². The average Bonchev–Trinajstić information content (AvgIpc) is 2.75. The topological polar surface area (TPSA) is 86.8 Å². The first kappa shape index (κ1) is 28.9. The fourth-order valence-corrected chi connectivity index (χ4v) is 4.85. The summed E-state index contributed by atoms with van der Waals surface area (Å²) in [4.78, 5) is 27.7. The predicted octanol–water partition coefficient (Wildman–Crippen LogP) is 4.82. The fraction of sp³-hybridized carbons (Fsp3) is 0.440. The second kappa shape index (κ2) is 12.1. The summed E-state index contributed by atoms with van der Waals surface area (Å²) in [5.74, 6) is -0.664. The van der Waals surface area contributed by atoms with E-state index in [0.29, 0.717) is 21.3 Å². The first-order chi connectivity index (χ1) is 16.2. The zero-order valence-electron chi connectivity index (χ0n) is 20.9. The molecule has 35 heavy (non-hydrogen) atoms. The molecule has 0 bridgehead atoms. The van der Waals surface area contributed by atoms with Crippen molar-refractivity contribution in [2.45, 2.75) is 59.2 Å². The van der Waals surface area contributed by atoms with E-state index in [0.717, 1.165) is 16.1 Å². The van der Waals surface area contributed by atoms with Gasteiger partial charge in [-0.15, -0.1) is 0 Å². The molecule has 2 rings (SSSR count). The molecule has 0 saturated carbocycles. The number of halogens is 2. The summed E-state index contributed by atoms with van der Waals surface area (Å²) in [5, 5.41) is 3.48. The maximum atomic E-state index is 13.6. The van der Waals surface area contributed by atoms with E-state index in [1.807, 2.05) is 39.8 Å². The Morgan fingerprint density at radius 2 is 1.49 bits per heavy atom. The Labute approximate surface area is 218 Å². The molecule has 10 heteroatoms. The highest BCUT2D eigenvalue weighted by molar-refractivity contribution is 7.92. The molecule has 0 aliphatic rings. The number of carbonyl (C=O) groups excluding carboxylic acids is 2. The number of nitrogens with zero attached hydrogens (tertiary/aromatic N) is 2. The molecule has 0 aliphatic carbocycles. The number of hydrogen-bond donors (Lipinski definition) is 1. The third-order valence-electron chi connectivity index (χ3n) is 5.52. The molecule has 0 aromatic heterocycles. The first-order valence-corrected chi connectivity index (χ1v) is 13.9. The minimum absolute atomic E-state index is 0.0616. The van der Waals surface area contributed by atoms with Crippen molar-refractivity contribution < 1.29 is 18.0 Å². The van der Waals surface area contributed by atoms with Gasteiger partial charge in [0.05, 0.1) is 11.9 Å². The molecule has 2 amide bonds. The largest absolute Gasteiger partial charge is 0.352 e. The lowest BCUT2D eigenvalue weighted by molar-refractivity contribution is -0.139. The summed E-state index contributed by atoms with van der Waals surface area (Å²) in [6, 6.07) is 10.9. The Bertz CT molecular complexity index is 1130. The Morgan fingerprint density at radius 1 is 0.943 bits per heavy atom. The molecule has 0 spiro atoms. The number of rotatable bonds is 10. The summed E-state index contributed by atoms with van der Waals surface area (Å²) in [7, 11) is -3.80. The molecule has 1 atom stereocenters. The Morgan fingerprint density at radius 3 is 1.94 bits per heavy atom. The van der Waals surface area contributed by atoms with Gasteiger partial charge >= 0.3 is 0 Å². The molecule has 7 nitrogen and oxygen atoms in total. The van der Waals surface area contributed by atoms with Crippen LogP contribution in [0.3, 0.4) is 0 Å². The van der Waals surface area contributed by atoms with Gasteiger partial charge in [0.15, 0.2) is 0 Å². The number of amides is 2. The molecule has 0 aliphatic heterocycles. The lowest BCUT2D eigenvalue weighted by Gasteiger charge is -2.32. The van der Waals surface area contributed by atoms with Crippen LogP contribution in [0.15, 0.2) is 42.5 Å². The quantitative estimate of drug-likeness (QED) is 0.466. The summed E-state index contributed by atoms with van der Waals surface area (Å²) in [6.07, 6.45) is 1.04. The number of sulfonamides is 1. The van der Waals surface area contributed by atoms with Crippen molar-refractivity contribution in [2.24, 2.45) is 0 Å². The van der Waals surface area contributed by atoms with Crippen molar-refractivity contribution in [3.8, 4) is 0 Å². The molecule has 0 radical (unpaired) electrons. The highest BCUT2D eigenvalue weighted by atomic mass is 35.5. The smallest absolute Gasteiger partial charge is 0.244 e. The van der Waals surface area contributed by atoms with E-state index in [9.17, 15) is 18.0 Å². The number of carbonyl (C=O) groups is 2. The zero-order valence-corrected chi connectivity index (χ0v) is 23.2. The second-order valence-corrected chi connectivity index (χ2v) is 11.8. The van der Waals surface area contributed by atoms with Crippen LogP contribution in [0.25, 0.3) is 0 Å². The van der Waals surface area contributed by atoms with Crippen LogP contribution in [0.5, 0.6) is 0 Å². The first-order valence-electron chi connectivity index (χ1n) is 11.3. The second-order valence-electron chi connectivity index (χ2n) is 9.08. The van der Waals surface area contributed by atoms with E-state index in [1.165, 1.54) is 4.90 Å². The van der Waals surface area contributed by atoms with Gasteiger partial charge in [0.1, 0.15) is 12.6 Å². The highest BCUT2D eigenvalue weighted by Gasteiger charge is 2.31. The van der Waals surface area contributed by atoms with Gasteiger partial charge in [-0.25, -0.2) is 8.42 Å². The van der Waals surface area contributed by atoms with Crippen molar-refractivity contribution in [1.82, 2.24) is 10.2 Å². The Balaban J connectivity index is 2.44. The average molecular weight is 543 g/mol. The predicted molar refractivity (Wildman–Crippen MR) is 142 cm³/mol. The van der Waals surface area contributed by atoms with Gasteiger partial charge in [-0.05, 0) is 56.5 Å². The summed E-state index contributed by atoms with van der Waals surface area (Å²) in [5.41, 5.74) is 1.88. The van der Waals surface area contributed by atoms with Crippen LogP contribution in [0.2, 0.25) is 10.0 Å². The molecule has 0 unspecified atom stereocenters. The van der Waals surface area contributed by atoms with Crippen LogP contribution in [0.1, 0.15) is 51.7 Å². The molecular formula is C25H33Cl2N3O4S. The maximum absolute atomic E-state index is 13.6. The lowest BCUT2D eigenvalue weighted by atomic mass is 10.0. The van der Waals surface area contributed by atoms with E-state index in [2.05, 4.69) is 5.32 Å². The van der Waals surface area contributed by atoms with E-state index >= 15 is 0 Å². The normalized spacial score (nSPS) is 12.5. The van der Waals surface area contributed by atoms with Gasteiger partial charge < -0.3 is 10.2 Å². The summed E-state index contributed by atoms with van der Waals surface area (Å²) >= 11 is 12.7. The maximum Gasteiger partial charge on any atom is 0.244 e. The minimum Gasteiger partial charge on any atom is -0.352 e. The molecule has 0 fully saturated rings. The molecule has 0 heterocycles. The SMILES string of the molecule is CC(C)NC(=O)[C@@H](C)N(Cc1c(Cl)cccc1Cl)C(=O)CN(c1ccc(C(C)C)cc1)S(C)(=O)=O. The van der Waals surface area contributed by atoms with Crippen molar-refractivity contribution in [2.75, 3.05) is 17.1 Å². The van der Waals surface area contributed by atoms with Gasteiger partial charge in [-0.1, -0.05) is 55.2 Å². The number of hydrogen-bond acceptors (Lipinski definition) is 4. The Kier molecular flexibility index (Phi) is 10.0. The van der Waals surface area contributed by atoms with Crippen molar-refractivity contribution >= 4 is 50.7 Å². The van der Waals surface area contributed by atoms with E-state index < -0.39 is 28.5 Å². The highest BCUT2D eigenvalue weighted by Crippen LogP contribution is 2.27. The zero-order chi connectivity index (χ0) is 26.5. The van der Waals surface area contributed by atoms with Crippen LogP contribution in [-0.2, 0) is 26.2 Å². The molecule has 192 valence electrons. The fourth-order valence-electron chi connectivity index (χ4n) is 3.48. The van der Waals surface area contributed by atoms with Crippen LogP contribution >= 0.6 is 23.2 Å². The van der Waals surface area contributed by atoms with E-state index in [1.54, 1.807) is 37.3 Å². The lowest BCUT2D eigenvalue weighted by Crippen LogP contribution is -2.52.